The predicted octanol–water partition coefficient (Wildman–Crippen LogP) is 5.87. The summed E-state index contributed by atoms with van der Waals surface area (Å²) in [5, 5.41) is -0.273. The molecule has 1 saturated heterocycles. The zero-order valence-corrected chi connectivity index (χ0v) is 18.9. The van der Waals surface area contributed by atoms with Crippen LogP contribution >= 0.6 is 27.7 Å². The van der Waals surface area contributed by atoms with Crippen molar-refractivity contribution in [2.45, 2.75) is 32.9 Å². The van der Waals surface area contributed by atoms with Gasteiger partial charge in [-0.25, -0.2) is 0 Å². The molecule has 7 heteroatoms. The van der Waals surface area contributed by atoms with E-state index in [2.05, 4.69) is 22.9 Å². The third kappa shape index (κ3) is 5.22. The maximum Gasteiger partial charge on any atom is 0.293 e. The molecule has 5 nitrogen and oxygen atoms in total. The Bertz CT molecular complexity index is 960. The second-order valence-corrected chi connectivity index (χ2v) is 8.55. The summed E-state index contributed by atoms with van der Waals surface area (Å²) >= 11 is 4.36. The van der Waals surface area contributed by atoms with Gasteiger partial charge in [0.2, 0.25) is 0 Å². The third-order valence-corrected chi connectivity index (χ3v) is 5.89. The average molecular weight is 476 g/mol. The number of hydrogen-bond acceptors (Lipinski definition) is 5. The highest BCUT2D eigenvalue weighted by Gasteiger charge is 2.35. The van der Waals surface area contributed by atoms with Crippen molar-refractivity contribution in [1.82, 2.24) is 4.90 Å². The summed E-state index contributed by atoms with van der Waals surface area (Å²) in [7, 11) is 1.58. The van der Waals surface area contributed by atoms with Crippen molar-refractivity contribution in [2.24, 2.45) is 0 Å². The van der Waals surface area contributed by atoms with Crippen LogP contribution in [0.1, 0.15) is 31.4 Å². The first kappa shape index (κ1) is 21.5. The van der Waals surface area contributed by atoms with E-state index >= 15 is 0 Å². The number of thioether (sulfide) groups is 1. The van der Waals surface area contributed by atoms with Crippen LogP contribution in [-0.4, -0.2) is 29.3 Å². The molecule has 29 heavy (non-hydrogen) atoms. The Morgan fingerprint density at radius 3 is 2.66 bits per heavy atom. The molecule has 0 N–H and O–H groups in total. The SMILES string of the molecule is CC[C@H](C)Oc1ccc(/C=C2\SC(=O)N(Cc3cccc(Br)c3)C2=O)cc1OC. The summed E-state index contributed by atoms with van der Waals surface area (Å²) in [6, 6.07) is 13.0. The standard InChI is InChI=1S/C22H22BrNO4S/c1-4-14(2)28-18-9-8-15(11-19(18)27-3)12-20-21(25)24(22(26)29-20)13-16-6-5-7-17(23)10-16/h5-12,14H,4,13H2,1-3H3/b20-12-/t14-/m0/s1. The maximum absolute atomic E-state index is 12.8. The van der Waals surface area contributed by atoms with Gasteiger partial charge in [-0.05, 0) is 66.6 Å². The van der Waals surface area contributed by atoms with Gasteiger partial charge in [-0.3, -0.25) is 14.5 Å². The van der Waals surface area contributed by atoms with Crippen LogP contribution in [0.3, 0.4) is 0 Å². The Labute approximate surface area is 183 Å². The number of methoxy groups -OCH3 is 1. The number of hydrogen-bond donors (Lipinski definition) is 0. The molecule has 2 amide bonds. The van der Waals surface area contributed by atoms with E-state index in [-0.39, 0.29) is 23.8 Å². The van der Waals surface area contributed by atoms with Gasteiger partial charge < -0.3 is 9.47 Å². The van der Waals surface area contributed by atoms with Crippen LogP contribution in [0.4, 0.5) is 4.79 Å². The van der Waals surface area contributed by atoms with Crippen LogP contribution in [0.5, 0.6) is 11.5 Å². The number of carbonyl (C=O) groups excluding carboxylic acids is 2. The van der Waals surface area contributed by atoms with Gasteiger partial charge in [0.25, 0.3) is 11.1 Å². The van der Waals surface area contributed by atoms with Gasteiger partial charge in [0.05, 0.1) is 24.7 Å². The highest BCUT2D eigenvalue weighted by molar-refractivity contribution is 9.10. The van der Waals surface area contributed by atoms with Crippen LogP contribution in [-0.2, 0) is 11.3 Å². The van der Waals surface area contributed by atoms with E-state index in [1.165, 1.54) is 4.90 Å². The van der Waals surface area contributed by atoms with Crippen molar-refractivity contribution in [2.75, 3.05) is 7.11 Å². The molecule has 3 rings (SSSR count). The molecule has 1 fully saturated rings. The molecule has 1 aliphatic heterocycles. The van der Waals surface area contributed by atoms with Gasteiger partial charge in [0.15, 0.2) is 11.5 Å². The van der Waals surface area contributed by atoms with Crippen LogP contribution in [0.2, 0.25) is 0 Å². The molecular formula is C22H22BrNO4S. The van der Waals surface area contributed by atoms with E-state index in [4.69, 9.17) is 9.47 Å². The number of nitrogens with zero attached hydrogens (tertiary/aromatic N) is 1. The maximum atomic E-state index is 12.8. The molecular weight excluding hydrogens is 454 g/mol. The van der Waals surface area contributed by atoms with E-state index in [0.717, 1.165) is 33.8 Å². The van der Waals surface area contributed by atoms with Gasteiger partial charge in [-0.2, -0.15) is 0 Å². The topological polar surface area (TPSA) is 55.8 Å². The van der Waals surface area contributed by atoms with Gasteiger partial charge in [0, 0.05) is 4.47 Å². The highest BCUT2D eigenvalue weighted by atomic mass is 79.9. The molecule has 0 saturated carbocycles. The predicted molar refractivity (Wildman–Crippen MR) is 119 cm³/mol. The average Bonchev–Trinajstić information content (AvgIpc) is 2.96. The summed E-state index contributed by atoms with van der Waals surface area (Å²) in [4.78, 5) is 26.8. The molecule has 0 spiro atoms. The minimum Gasteiger partial charge on any atom is -0.493 e. The number of amides is 2. The van der Waals surface area contributed by atoms with Gasteiger partial charge in [0.1, 0.15) is 0 Å². The molecule has 1 atom stereocenters. The van der Waals surface area contributed by atoms with Crippen LogP contribution < -0.4 is 9.47 Å². The lowest BCUT2D eigenvalue weighted by atomic mass is 10.1. The summed E-state index contributed by atoms with van der Waals surface area (Å²) in [5.41, 5.74) is 1.66. The molecule has 0 bridgehead atoms. The second kappa shape index (κ2) is 9.50. The van der Waals surface area contributed by atoms with Crippen LogP contribution in [0.25, 0.3) is 6.08 Å². The number of ether oxygens (including phenoxy) is 2. The monoisotopic (exact) mass is 475 g/mol. The van der Waals surface area contributed by atoms with Crippen LogP contribution in [0.15, 0.2) is 51.8 Å². The van der Waals surface area contributed by atoms with Gasteiger partial charge >= 0.3 is 0 Å². The van der Waals surface area contributed by atoms with Crippen molar-refractivity contribution >= 4 is 44.9 Å². The fourth-order valence-electron chi connectivity index (χ4n) is 2.78. The summed E-state index contributed by atoms with van der Waals surface area (Å²) in [6.07, 6.45) is 2.67. The summed E-state index contributed by atoms with van der Waals surface area (Å²) in [6.45, 7) is 4.29. The fourth-order valence-corrected chi connectivity index (χ4v) is 4.06. The van der Waals surface area contributed by atoms with Gasteiger partial charge in [-0.15, -0.1) is 0 Å². The van der Waals surface area contributed by atoms with E-state index in [1.807, 2.05) is 43.3 Å². The number of halogens is 1. The highest BCUT2D eigenvalue weighted by Crippen LogP contribution is 2.35. The Morgan fingerprint density at radius 2 is 1.97 bits per heavy atom. The quantitative estimate of drug-likeness (QED) is 0.468. The number of rotatable bonds is 7. The largest absolute Gasteiger partial charge is 0.493 e. The van der Waals surface area contributed by atoms with E-state index in [0.29, 0.717) is 16.4 Å². The summed E-state index contributed by atoms with van der Waals surface area (Å²) < 4.78 is 12.2. The van der Waals surface area contributed by atoms with Crippen molar-refractivity contribution < 1.29 is 19.1 Å². The van der Waals surface area contributed by atoms with Crippen LogP contribution in [0, 0.1) is 0 Å². The first-order chi connectivity index (χ1) is 13.9. The van der Waals surface area contributed by atoms with E-state index in [1.54, 1.807) is 19.3 Å². The minimum absolute atomic E-state index is 0.0734. The van der Waals surface area contributed by atoms with Gasteiger partial charge in [-0.1, -0.05) is 41.1 Å². The van der Waals surface area contributed by atoms with E-state index < -0.39 is 0 Å². The van der Waals surface area contributed by atoms with Crippen molar-refractivity contribution in [3.8, 4) is 11.5 Å². The Balaban J connectivity index is 1.80. The number of benzene rings is 2. The Kier molecular flexibility index (Phi) is 7.03. The molecule has 0 aliphatic carbocycles. The van der Waals surface area contributed by atoms with E-state index in [9.17, 15) is 9.59 Å². The molecule has 0 radical (unpaired) electrons. The molecule has 0 unspecified atom stereocenters. The second-order valence-electron chi connectivity index (χ2n) is 6.64. The summed E-state index contributed by atoms with van der Waals surface area (Å²) in [5.74, 6) is 0.952. The first-order valence-electron chi connectivity index (χ1n) is 9.25. The number of carbonyl (C=O) groups is 2. The Hall–Kier alpha value is -2.25. The molecule has 2 aromatic rings. The minimum atomic E-state index is -0.293. The molecule has 152 valence electrons. The zero-order valence-electron chi connectivity index (χ0n) is 16.5. The first-order valence-corrected chi connectivity index (χ1v) is 10.9. The number of imide groups is 1. The fraction of sp³-hybridized carbons (Fsp3) is 0.273. The smallest absolute Gasteiger partial charge is 0.293 e. The van der Waals surface area contributed by atoms with Crippen molar-refractivity contribution in [1.29, 1.82) is 0 Å². The lowest BCUT2D eigenvalue weighted by molar-refractivity contribution is -0.123. The molecule has 1 heterocycles. The third-order valence-electron chi connectivity index (χ3n) is 4.49. The lowest BCUT2D eigenvalue weighted by Gasteiger charge is -2.15. The molecule has 0 aromatic heterocycles. The zero-order chi connectivity index (χ0) is 21.0. The van der Waals surface area contributed by atoms with Crippen molar-refractivity contribution in [3.05, 3.63) is 63.0 Å². The molecule has 2 aromatic carbocycles. The normalized spacial score (nSPS) is 16.4. The Morgan fingerprint density at radius 1 is 1.17 bits per heavy atom. The lowest BCUT2D eigenvalue weighted by Crippen LogP contribution is -2.27. The van der Waals surface area contributed by atoms with Crippen molar-refractivity contribution in [3.63, 3.8) is 0 Å². The molecule has 1 aliphatic rings.